The van der Waals surface area contributed by atoms with Crippen LogP contribution in [0.1, 0.15) is 36.7 Å². The molecule has 0 spiro atoms. The van der Waals surface area contributed by atoms with Gasteiger partial charge in [0.1, 0.15) is 6.33 Å². The van der Waals surface area contributed by atoms with Gasteiger partial charge in [-0.1, -0.05) is 13.8 Å². The smallest absolute Gasteiger partial charge is 0.197 e. The molecule has 0 amide bonds. The topological polar surface area (TPSA) is 79.4 Å². The van der Waals surface area contributed by atoms with E-state index in [9.17, 15) is 0 Å². The van der Waals surface area contributed by atoms with E-state index in [1.54, 1.807) is 0 Å². The molecule has 0 unspecified atom stereocenters. The zero-order valence-electron chi connectivity index (χ0n) is 10.6. The van der Waals surface area contributed by atoms with Crippen LogP contribution in [0.15, 0.2) is 6.33 Å². The Morgan fingerprint density at radius 1 is 1.28 bits per heavy atom. The van der Waals surface area contributed by atoms with Gasteiger partial charge >= 0.3 is 0 Å². The number of nitrogens with one attached hydrogen (secondary N) is 2. The number of fused-ring (bicyclic) bond motifs is 1. The van der Waals surface area contributed by atoms with Crippen molar-refractivity contribution in [3.63, 3.8) is 0 Å². The Kier molecular flexibility index (Phi) is 2.79. The predicted molar refractivity (Wildman–Crippen MR) is 66.9 cm³/mol. The number of H-pyrrole nitrogens is 1. The van der Waals surface area contributed by atoms with Crippen LogP contribution in [-0.4, -0.2) is 31.7 Å². The third-order valence-electron chi connectivity index (χ3n) is 3.14. The molecule has 1 aliphatic rings. The third kappa shape index (κ3) is 1.88. The van der Waals surface area contributed by atoms with Gasteiger partial charge in [-0.3, -0.25) is 5.10 Å². The monoisotopic (exact) mass is 244 g/mol. The van der Waals surface area contributed by atoms with E-state index >= 15 is 0 Å². The summed E-state index contributed by atoms with van der Waals surface area (Å²) in [4.78, 5) is 13.4. The summed E-state index contributed by atoms with van der Waals surface area (Å²) in [5.74, 6) is 1.66. The Hall–Kier alpha value is -1.82. The van der Waals surface area contributed by atoms with Crippen LogP contribution in [0.3, 0.4) is 0 Å². The molecule has 3 heterocycles. The summed E-state index contributed by atoms with van der Waals surface area (Å²) >= 11 is 0. The Bertz CT molecular complexity index is 546. The Morgan fingerprint density at radius 2 is 2.17 bits per heavy atom. The molecule has 0 fully saturated rings. The van der Waals surface area contributed by atoms with Crippen LogP contribution in [0.2, 0.25) is 0 Å². The maximum absolute atomic E-state index is 4.66. The molecule has 94 valence electrons. The van der Waals surface area contributed by atoms with Crippen LogP contribution >= 0.6 is 0 Å². The van der Waals surface area contributed by atoms with Gasteiger partial charge in [-0.25, -0.2) is 15.0 Å². The average Bonchev–Trinajstić information content (AvgIpc) is 2.91. The molecule has 3 rings (SSSR count). The first-order chi connectivity index (χ1) is 8.75. The van der Waals surface area contributed by atoms with E-state index < -0.39 is 0 Å². The van der Waals surface area contributed by atoms with Crippen molar-refractivity contribution in [3.05, 3.63) is 23.3 Å². The van der Waals surface area contributed by atoms with E-state index in [4.69, 9.17) is 0 Å². The van der Waals surface area contributed by atoms with Gasteiger partial charge in [0.15, 0.2) is 11.6 Å². The lowest BCUT2D eigenvalue weighted by Gasteiger charge is -2.21. The average molecular weight is 244 g/mol. The standard InChI is InChI=1S/C12H16N6/c1-7(2)10-8-3-4-13-5-9(8)16-12(17-10)11-14-6-15-18-11/h6-7,13H,3-5H2,1-2H3,(H,14,15,18). The molecule has 1 aliphatic heterocycles. The lowest BCUT2D eigenvalue weighted by molar-refractivity contribution is 0.609. The van der Waals surface area contributed by atoms with Gasteiger partial charge in [-0.2, -0.15) is 5.10 Å². The van der Waals surface area contributed by atoms with E-state index in [2.05, 4.69) is 44.3 Å². The largest absolute Gasteiger partial charge is 0.311 e. The first kappa shape index (κ1) is 11.3. The molecule has 0 radical (unpaired) electrons. The minimum Gasteiger partial charge on any atom is -0.311 e. The van der Waals surface area contributed by atoms with Crippen LogP contribution in [0.5, 0.6) is 0 Å². The molecular weight excluding hydrogens is 228 g/mol. The molecule has 6 heteroatoms. The van der Waals surface area contributed by atoms with E-state index in [1.165, 1.54) is 11.9 Å². The van der Waals surface area contributed by atoms with Crippen molar-refractivity contribution < 1.29 is 0 Å². The summed E-state index contributed by atoms with van der Waals surface area (Å²) in [7, 11) is 0. The number of hydrogen-bond acceptors (Lipinski definition) is 5. The molecule has 0 bridgehead atoms. The maximum atomic E-state index is 4.66. The number of nitrogens with zero attached hydrogens (tertiary/aromatic N) is 4. The van der Waals surface area contributed by atoms with Crippen molar-refractivity contribution in [2.24, 2.45) is 0 Å². The van der Waals surface area contributed by atoms with E-state index in [0.717, 1.165) is 30.9 Å². The summed E-state index contributed by atoms with van der Waals surface area (Å²) in [6.07, 6.45) is 2.48. The number of hydrogen-bond donors (Lipinski definition) is 2. The minimum atomic E-state index is 0.390. The van der Waals surface area contributed by atoms with Gasteiger partial charge in [-0.05, 0) is 24.4 Å². The van der Waals surface area contributed by atoms with E-state index in [0.29, 0.717) is 17.6 Å². The summed E-state index contributed by atoms with van der Waals surface area (Å²) in [6.45, 7) is 6.13. The van der Waals surface area contributed by atoms with Crippen molar-refractivity contribution >= 4 is 0 Å². The Balaban J connectivity index is 2.15. The van der Waals surface area contributed by atoms with Crippen molar-refractivity contribution in [1.29, 1.82) is 0 Å². The normalized spacial score (nSPS) is 14.8. The second-order valence-corrected chi connectivity index (χ2v) is 4.77. The molecule has 6 nitrogen and oxygen atoms in total. The van der Waals surface area contributed by atoms with E-state index in [-0.39, 0.29) is 0 Å². The zero-order valence-corrected chi connectivity index (χ0v) is 10.6. The first-order valence-corrected chi connectivity index (χ1v) is 6.22. The highest BCUT2D eigenvalue weighted by Crippen LogP contribution is 2.24. The van der Waals surface area contributed by atoms with Crippen molar-refractivity contribution in [3.8, 4) is 11.6 Å². The van der Waals surface area contributed by atoms with Gasteiger partial charge < -0.3 is 5.32 Å². The lowest BCUT2D eigenvalue weighted by atomic mass is 9.97. The molecule has 2 aromatic heterocycles. The van der Waals surface area contributed by atoms with Gasteiger partial charge in [0.2, 0.25) is 0 Å². The second kappa shape index (κ2) is 4.45. The van der Waals surface area contributed by atoms with Gasteiger partial charge in [-0.15, -0.1) is 0 Å². The van der Waals surface area contributed by atoms with Crippen LogP contribution in [0, 0.1) is 0 Å². The molecule has 0 aliphatic carbocycles. The third-order valence-corrected chi connectivity index (χ3v) is 3.14. The minimum absolute atomic E-state index is 0.390. The SMILES string of the molecule is CC(C)c1nc(-c2ncn[nH]2)nc2c1CCNC2. The van der Waals surface area contributed by atoms with E-state index in [1.807, 2.05) is 0 Å². The van der Waals surface area contributed by atoms with Gasteiger partial charge in [0.05, 0.1) is 11.4 Å². The molecule has 0 atom stereocenters. The fourth-order valence-electron chi connectivity index (χ4n) is 2.29. The highest BCUT2D eigenvalue weighted by molar-refractivity contribution is 5.45. The van der Waals surface area contributed by atoms with Crippen molar-refractivity contribution in [1.82, 2.24) is 30.5 Å². The molecule has 0 saturated carbocycles. The Labute approximate surface area is 105 Å². The quantitative estimate of drug-likeness (QED) is 0.825. The van der Waals surface area contributed by atoms with Gasteiger partial charge in [0, 0.05) is 6.54 Å². The summed E-state index contributed by atoms with van der Waals surface area (Å²) < 4.78 is 0. The van der Waals surface area contributed by atoms with Crippen LogP contribution in [0.25, 0.3) is 11.6 Å². The van der Waals surface area contributed by atoms with Crippen LogP contribution in [0.4, 0.5) is 0 Å². The van der Waals surface area contributed by atoms with Crippen LogP contribution < -0.4 is 5.32 Å². The van der Waals surface area contributed by atoms with Crippen molar-refractivity contribution in [2.75, 3.05) is 6.54 Å². The number of aromatic amines is 1. The summed E-state index contributed by atoms with van der Waals surface area (Å²) in [5.41, 5.74) is 3.52. The fourth-order valence-corrected chi connectivity index (χ4v) is 2.29. The lowest BCUT2D eigenvalue weighted by Crippen LogP contribution is -2.27. The second-order valence-electron chi connectivity index (χ2n) is 4.77. The maximum Gasteiger partial charge on any atom is 0.197 e. The number of rotatable bonds is 2. The van der Waals surface area contributed by atoms with Crippen LogP contribution in [-0.2, 0) is 13.0 Å². The fraction of sp³-hybridized carbons (Fsp3) is 0.500. The van der Waals surface area contributed by atoms with Gasteiger partial charge in [0.25, 0.3) is 0 Å². The molecular formula is C12H16N6. The molecule has 18 heavy (non-hydrogen) atoms. The highest BCUT2D eigenvalue weighted by atomic mass is 15.2. The number of aromatic nitrogens is 5. The molecule has 0 aromatic carbocycles. The predicted octanol–water partition coefficient (Wildman–Crippen LogP) is 1.03. The summed E-state index contributed by atoms with van der Waals surface area (Å²) in [6, 6.07) is 0. The zero-order chi connectivity index (χ0) is 12.5. The first-order valence-electron chi connectivity index (χ1n) is 6.22. The molecule has 0 saturated heterocycles. The Morgan fingerprint density at radius 3 is 2.89 bits per heavy atom. The summed E-state index contributed by atoms with van der Waals surface area (Å²) in [5, 5.41) is 10.0. The molecule has 2 N–H and O–H groups in total. The highest BCUT2D eigenvalue weighted by Gasteiger charge is 2.20. The molecule has 2 aromatic rings. The van der Waals surface area contributed by atoms with Crippen molar-refractivity contribution in [2.45, 2.75) is 32.7 Å².